The molecule has 2 aromatic carbocycles. The maximum Gasteiger partial charge on any atom is 0.573 e. The summed E-state index contributed by atoms with van der Waals surface area (Å²) in [5.41, 5.74) is 2.53. The molecular formula is C25H20F3NO5S. The first-order chi connectivity index (χ1) is 16.6. The molecule has 0 N–H and O–H groups in total. The highest BCUT2D eigenvalue weighted by Gasteiger charge is 2.35. The number of benzene rings is 2. The molecule has 0 aliphatic carbocycles. The van der Waals surface area contributed by atoms with Crippen molar-refractivity contribution < 1.29 is 36.7 Å². The van der Waals surface area contributed by atoms with Gasteiger partial charge in [-0.05, 0) is 79.2 Å². The molecule has 2 heterocycles. The standard InChI is InChI=1S/C25H20F3NO5S/c1-15-3-4-16(2)21(13-15)32-12-11-29-23(30)22(35-24(29)31)14-19-9-10-20(33-19)17-5-7-18(8-6-17)34-25(26,27)28/h3-10,13-14H,11-12H2,1-2H3/b22-14-. The molecule has 0 atom stereocenters. The number of thioether (sulfide) groups is 1. The number of imide groups is 1. The zero-order valence-corrected chi connectivity index (χ0v) is 19.5. The summed E-state index contributed by atoms with van der Waals surface area (Å²) in [5.74, 6) is 0.622. The van der Waals surface area contributed by atoms with E-state index in [1.165, 1.54) is 30.3 Å². The van der Waals surface area contributed by atoms with Crippen LogP contribution in [0.4, 0.5) is 18.0 Å². The van der Waals surface area contributed by atoms with Gasteiger partial charge >= 0.3 is 6.36 Å². The maximum absolute atomic E-state index is 12.7. The van der Waals surface area contributed by atoms with Gasteiger partial charge in [0.1, 0.15) is 29.6 Å². The smallest absolute Gasteiger partial charge is 0.491 e. The van der Waals surface area contributed by atoms with E-state index in [1.807, 2.05) is 32.0 Å². The molecule has 2 amide bonds. The Kier molecular flexibility index (Phi) is 6.93. The van der Waals surface area contributed by atoms with E-state index in [1.54, 1.807) is 12.1 Å². The van der Waals surface area contributed by atoms with Crippen LogP contribution in [0.2, 0.25) is 0 Å². The summed E-state index contributed by atoms with van der Waals surface area (Å²) >= 11 is 0.801. The zero-order chi connectivity index (χ0) is 25.2. The van der Waals surface area contributed by atoms with Crippen LogP contribution in [0.5, 0.6) is 11.5 Å². The Morgan fingerprint density at radius 2 is 1.77 bits per heavy atom. The molecule has 1 aliphatic rings. The van der Waals surface area contributed by atoms with Gasteiger partial charge in [-0.1, -0.05) is 12.1 Å². The average Bonchev–Trinajstić information content (AvgIpc) is 3.35. The fourth-order valence-electron chi connectivity index (χ4n) is 3.34. The van der Waals surface area contributed by atoms with Gasteiger partial charge in [-0.3, -0.25) is 14.5 Å². The number of aryl methyl sites for hydroxylation is 2. The maximum atomic E-state index is 12.7. The van der Waals surface area contributed by atoms with Crippen molar-refractivity contribution in [2.45, 2.75) is 20.2 Å². The Bertz CT molecular complexity index is 1280. The van der Waals surface area contributed by atoms with Crippen molar-refractivity contribution in [3.05, 3.63) is 76.4 Å². The Morgan fingerprint density at radius 1 is 1.03 bits per heavy atom. The summed E-state index contributed by atoms with van der Waals surface area (Å²) in [6, 6.07) is 14.2. The molecule has 0 saturated carbocycles. The molecule has 1 aromatic heterocycles. The lowest BCUT2D eigenvalue weighted by Gasteiger charge is -2.14. The van der Waals surface area contributed by atoms with Crippen LogP contribution in [0.25, 0.3) is 17.4 Å². The van der Waals surface area contributed by atoms with Crippen LogP contribution >= 0.6 is 11.8 Å². The van der Waals surface area contributed by atoms with Gasteiger partial charge in [-0.25, -0.2) is 0 Å². The topological polar surface area (TPSA) is 69.0 Å². The minimum Gasteiger partial charge on any atom is -0.491 e. The number of carbonyl (C=O) groups is 2. The van der Waals surface area contributed by atoms with Crippen molar-refractivity contribution in [1.29, 1.82) is 0 Å². The largest absolute Gasteiger partial charge is 0.573 e. The second-order valence-corrected chi connectivity index (χ2v) is 8.72. The molecule has 35 heavy (non-hydrogen) atoms. The van der Waals surface area contributed by atoms with Crippen molar-refractivity contribution in [2.24, 2.45) is 0 Å². The summed E-state index contributed by atoms with van der Waals surface area (Å²) in [4.78, 5) is 26.4. The van der Waals surface area contributed by atoms with E-state index in [-0.39, 0.29) is 23.8 Å². The Hall–Kier alpha value is -3.66. The van der Waals surface area contributed by atoms with Crippen LogP contribution in [0.3, 0.4) is 0 Å². The molecule has 1 aliphatic heterocycles. The molecule has 0 bridgehead atoms. The van der Waals surface area contributed by atoms with Gasteiger partial charge in [0.05, 0.1) is 11.4 Å². The third-order valence-corrected chi connectivity index (χ3v) is 5.97. The van der Waals surface area contributed by atoms with Crippen LogP contribution < -0.4 is 9.47 Å². The van der Waals surface area contributed by atoms with Gasteiger partial charge in [0.2, 0.25) is 0 Å². The molecule has 10 heteroatoms. The fraction of sp³-hybridized carbons (Fsp3) is 0.200. The summed E-state index contributed by atoms with van der Waals surface area (Å²) in [6.45, 7) is 4.13. The molecule has 0 spiro atoms. The Labute approximate surface area is 203 Å². The number of ether oxygens (including phenoxy) is 2. The van der Waals surface area contributed by atoms with Crippen LogP contribution in [0, 0.1) is 13.8 Å². The SMILES string of the molecule is Cc1ccc(C)c(OCCN2C(=O)S/C(=C\c3ccc(-c4ccc(OC(F)(F)F)cc4)o3)C2=O)c1. The lowest BCUT2D eigenvalue weighted by atomic mass is 10.1. The third kappa shape index (κ3) is 6.07. The van der Waals surface area contributed by atoms with Crippen LogP contribution in [-0.2, 0) is 4.79 Å². The first-order valence-corrected chi connectivity index (χ1v) is 11.3. The van der Waals surface area contributed by atoms with Crippen LogP contribution in [0.15, 0.2) is 63.9 Å². The predicted molar refractivity (Wildman–Crippen MR) is 125 cm³/mol. The quantitative estimate of drug-likeness (QED) is 0.340. The van der Waals surface area contributed by atoms with Gasteiger partial charge in [0.25, 0.3) is 11.1 Å². The van der Waals surface area contributed by atoms with E-state index in [0.29, 0.717) is 22.8 Å². The Morgan fingerprint density at radius 3 is 2.49 bits per heavy atom. The highest BCUT2D eigenvalue weighted by Crippen LogP contribution is 2.34. The van der Waals surface area contributed by atoms with Crippen molar-refractivity contribution in [3.63, 3.8) is 0 Å². The van der Waals surface area contributed by atoms with Crippen LogP contribution in [-0.4, -0.2) is 35.6 Å². The molecule has 182 valence electrons. The lowest BCUT2D eigenvalue weighted by Crippen LogP contribution is -2.32. The van der Waals surface area contributed by atoms with E-state index in [2.05, 4.69) is 4.74 Å². The number of hydrogen-bond donors (Lipinski definition) is 0. The van der Waals surface area contributed by atoms with Gasteiger partial charge in [0.15, 0.2) is 0 Å². The second kappa shape index (κ2) is 9.91. The van der Waals surface area contributed by atoms with Crippen molar-refractivity contribution >= 4 is 29.0 Å². The first kappa shape index (κ1) is 24.5. The van der Waals surface area contributed by atoms with E-state index < -0.39 is 17.5 Å². The fourth-order valence-corrected chi connectivity index (χ4v) is 4.18. The van der Waals surface area contributed by atoms with Gasteiger partial charge in [-0.2, -0.15) is 0 Å². The third-order valence-electron chi connectivity index (χ3n) is 5.06. The highest BCUT2D eigenvalue weighted by atomic mass is 32.2. The summed E-state index contributed by atoms with van der Waals surface area (Å²) < 4.78 is 52.2. The number of amides is 2. The number of hydrogen-bond acceptors (Lipinski definition) is 6. The predicted octanol–water partition coefficient (Wildman–Crippen LogP) is 6.58. The van der Waals surface area contributed by atoms with Crippen molar-refractivity contribution in [2.75, 3.05) is 13.2 Å². The number of furan rings is 1. The van der Waals surface area contributed by atoms with Crippen molar-refractivity contribution in [3.8, 4) is 22.8 Å². The number of alkyl halides is 3. The first-order valence-electron chi connectivity index (χ1n) is 10.5. The average molecular weight is 503 g/mol. The monoisotopic (exact) mass is 503 g/mol. The van der Waals surface area contributed by atoms with Crippen LogP contribution in [0.1, 0.15) is 16.9 Å². The lowest BCUT2D eigenvalue weighted by molar-refractivity contribution is -0.274. The number of nitrogens with zero attached hydrogens (tertiary/aromatic N) is 1. The minimum atomic E-state index is -4.77. The second-order valence-electron chi connectivity index (χ2n) is 7.72. The normalized spacial score (nSPS) is 15.2. The van der Waals surface area contributed by atoms with Crippen molar-refractivity contribution in [1.82, 2.24) is 4.90 Å². The molecule has 1 saturated heterocycles. The molecule has 0 unspecified atom stereocenters. The number of halogens is 3. The van der Waals surface area contributed by atoms with Gasteiger partial charge in [-0.15, -0.1) is 13.2 Å². The highest BCUT2D eigenvalue weighted by molar-refractivity contribution is 8.18. The minimum absolute atomic E-state index is 0.102. The zero-order valence-electron chi connectivity index (χ0n) is 18.7. The Balaban J connectivity index is 1.39. The molecule has 3 aromatic rings. The molecular weight excluding hydrogens is 483 g/mol. The van der Waals surface area contributed by atoms with E-state index in [9.17, 15) is 22.8 Å². The summed E-state index contributed by atoms with van der Waals surface area (Å²) in [7, 11) is 0. The summed E-state index contributed by atoms with van der Waals surface area (Å²) in [6.07, 6.45) is -3.31. The molecule has 0 radical (unpaired) electrons. The molecule has 1 fully saturated rings. The molecule has 6 nitrogen and oxygen atoms in total. The van der Waals surface area contributed by atoms with Gasteiger partial charge in [0, 0.05) is 11.6 Å². The molecule has 4 rings (SSSR count). The van der Waals surface area contributed by atoms with E-state index >= 15 is 0 Å². The van der Waals surface area contributed by atoms with Gasteiger partial charge < -0.3 is 13.9 Å². The van der Waals surface area contributed by atoms with E-state index in [0.717, 1.165) is 27.8 Å². The summed E-state index contributed by atoms with van der Waals surface area (Å²) in [5, 5.41) is -0.405. The number of rotatable bonds is 7. The number of carbonyl (C=O) groups excluding carboxylic acids is 2. The van der Waals surface area contributed by atoms with E-state index in [4.69, 9.17) is 9.15 Å².